The average molecular weight is 331 g/mol. The molecule has 0 atom stereocenters. The summed E-state index contributed by atoms with van der Waals surface area (Å²) in [5.74, 6) is 0.249. The van der Waals surface area contributed by atoms with Gasteiger partial charge in [0.1, 0.15) is 0 Å². The zero-order valence-corrected chi connectivity index (χ0v) is 13.7. The van der Waals surface area contributed by atoms with Gasteiger partial charge in [0.05, 0.1) is 17.0 Å². The monoisotopic (exact) mass is 331 g/mol. The fraction of sp³-hybridized carbons (Fsp3) is 0.105. The molecule has 0 aliphatic rings. The van der Waals surface area contributed by atoms with E-state index in [4.69, 9.17) is 0 Å². The van der Waals surface area contributed by atoms with Gasteiger partial charge in [-0.05, 0) is 31.2 Å². The summed E-state index contributed by atoms with van der Waals surface area (Å²) in [5.41, 5.74) is 3.57. The molecule has 25 heavy (non-hydrogen) atoms. The molecule has 2 N–H and O–H groups in total. The van der Waals surface area contributed by atoms with E-state index in [2.05, 4.69) is 50.2 Å². The number of para-hydroxylation sites is 1. The molecule has 1 aromatic carbocycles. The Labute approximate surface area is 144 Å². The number of pyridine rings is 1. The molecule has 0 saturated carbocycles. The van der Waals surface area contributed by atoms with Crippen LogP contribution in [0.3, 0.4) is 0 Å². The number of rotatable bonds is 4. The van der Waals surface area contributed by atoms with Gasteiger partial charge in [-0.1, -0.05) is 18.2 Å². The highest BCUT2D eigenvalue weighted by Crippen LogP contribution is 2.28. The predicted octanol–water partition coefficient (Wildman–Crippen LogP) is 3.70. The number of H-pyrrole nitrogens is 1. The lowest BCUT2D eigenvalue weighted by atomic mass is 10.2. The standard InChI is InChI=1S/C19H17N5O/c1-2-24-16-8-4-3-6-13(16)10-17(24)15-11-18(23-22-15)21-19(25)14-7-5-9-20-12-14/h3-12H,2H2,1H3,(H2,21,22,23,25). The van der Waals surface area contributed by atoms with Gasteiger partial charge in [-0.3, -0.25) is 14.9 Å². The fourth-order valence-electron chi connectivity index (χ4n) is 2.98. The normalized spacial score (nSPS) is 10.9. The van der Waals surface area contributed by atoms with Gasteiger partial charge in [-0.2, -0.15) is 5.10 Å². The molecule has 124 valence electrons. The number of benzene rings is 1. The van der Waals surface area contributed by atoms with Gasteiger partial charge in [-0.15, -0.1) is 0 Å². The lowest BCUT2D eigenvalue weighted by molar-refractivity contribution is 0.102. The summed E-state index contributed by atoms with van der Waals surface area (Å²) in [6.45, 7) is 2.96. The molecule has 0 aliphatic heterocycles. The lowest BCUT2D eigenvalue weighted by Gasteiger charge is -2.05. The van der Waals surface area contributed by atoms with Gasteiger partial charge in [0, 0.05) is 35.9 Å². The van der Waals surface area contributed by atoms with Crippen molar-refractivity contribution in [2.75, 3.05) is 5.32 Å². The molecular formula is C19H17N5O. The minimum Gasteiger partial charge on any atom is -0.340 e. The molecule has 0 saturated heterocycles. The summed E-state index contributed by atoms with van der Waals surface area (Å²) in [7, 11) is 0. The number of carbonyl (C=O) groups excluding carboxylic acids is 1. The molecule has 0 unspecified atom stereocenters. The molecule has 1 amide bonds. The lowest BCUT2D eigenvalue weighted by Crippen LogP contribution is -2.12. The molecule has 4 rings (SSSR count). The Balaban J connectivity index is 1.65. The maximum absolute atomic E-state index is 12.2. The molecule has 0 aliphatic carbocycles. The van der Waals surface area contributed by atoms with E-state index in [1.165, 1.54) is 17.1 Å². The number of aromatic nitrogens is 4. The van der Waals surface area contributed by atoms with Crippen LogP contribution in [0.2, 0.25) is 0 Å². The van der Waals surface area contributed by atoms with Gasteiger partial charge in [0.2, 0.25) is 0 Å². The van der Waals surface area contributed by atoms with Gasteiger partial charge in [-0.25, -0.2) is 0 Å². The van der Waals surface area contributed by atoms with Crippen molar-refractivity contribution in [3.63, 3.8) is 0 Å². The van der Waals surface area contributed by atoms with E-state index in [-0.39, 0.29) is 5.91 Å². The number of nitrogens with zero attached hydrogens (tertiary/aromatic N) is 3. The first-order chi connectivity index (χ1) is 12.3. The van der Waals surface area contributed by atoms with Crippen molar-refractivity contribution in [1.82, 2.24) is 19.7 Å². The zero-order valence-electron chi connectivity index (χ0n) is 13.7. The highest BCUT2D eigenvalue weighted by Gasteiger charge is 2.13. The largest absolute Gasteiger partial charge is 0.340 e. The molecule has 4 aromatic rings. The number of hydrogen-bond donors (Lipinski definition) is 2. The maximum atomic E-state index is 12.2. The quantitative estimate of drug-likeness (QED) is 0.599. The molecule has 0 radical (unpaired) electrons. The molecule has 3 heterocycles. The second-order valence-corrected chi connectivity index (χ2v) is 5.70. The molecule has 6 heteroatoms. The van der Waals surface area contributed by atoms with Crippen LogP contribution in [0.15, 0.2) is 60.9 Å². The van der Waals surface area contributed by atoms with Crippen molar-refractivity contribution in [1.29, 1.82) is 0 Å². The molecule has 6 nitrogen and oxygen atoms in total. The number of aromatic amines is 1. The Kier molecular flexibility index (Phi) is 3.78. The maximum Gasteiger partial charge on any atom is 0.258 e. The molecular weight excluding hydrogens is 314 g/mol. The summed E-state index contributed by atoms with van der Waals surface area (Å²) in [4.78, 5) is 16.2. The van der Waals surface area contributed by atoms with Crippen LogP contribution in [-0.2, 0) is 6.54 Å². The van der Waals surface area contributed by atoms with Crippen molar-refractivity contribution in [2.24, 2.45) is 0 Å². The summed E-state index contributed by atoms with van der Waals surface area (Å²) in [5, 5.41) is 11.2. The van der Waals surface area contributed by atoms with E-state index in [9.17, 15) is 4.79 Å². The van der Waals surface area contributed by atoms with E-state index >= 15 is 0 Å². The summed E-state index contributed by atoms with van der Waals surface area (Å²) < 4.78 is 2.22. The van der Waals surface area contributed by atoms with E-state index < -0.39 is 0 Å². The highest BCUT2D eigenvalue weighted by molar-refractivity contribution is 6.03. The number of carbonyl (C=O) groups is 1. The Bertz CT molecular complexity index is 1030. The minimum absolute atomic E-state index is 0.234. The van der Waals surface area contributed by atoms with Crippen molar-refractivity contribution in [3.05, 3.63) is 66.5 Å². The Morgan fingerprint density at radius 1 is 1.20 bits per heavy atom. The zero-order chi connectivity index (χ0) is 17.2. The van der Waals surface area contributed by atoms with Crippen LogP contribution in [0.1, 0.15) is 17.3 Å². The van der Waals surface area contributed by atoms with Gasteiger partial charge < -0.3 is 9.88 Å². The van der Waals surface area contributed by atoms with Crippen LogP contribution >= 0.6 is 0 Å². The van der Waals surface area contributed by atoms with E-state index in [1.807, 2.05) is 18.2 Å². The van der Waals surface area contributed by atoms with E-state index in [0.717, 1.165) is 17.9 Å². The summed E-state index contributed by atoms with van der Waals surface area (Å²) in [6.07, 6.45) is 3.16. The predicted molar refractivity (Wildman–Crippen MR) is 97.4 cm³/mol. The van der Waals surface area contributed by atoms with Crippen LogP contribution in [0.5, 0.6) is 0 Å². The Hall–Kier alpha value is -3.41. The first kappa shape index (κ1) is 15.1. The second kappa shape index (κ2) is 6.24. The second-order valence-electron chi connectivity index (χ2n) is 5.70. The fourth-order valence-corrected chi connectivity index (χ4v) is 2.98. The first-order valence-electron chi connectivity index (χ1n) is 8.11. The first-order valence-corrected chi connectivity index (χ1v) is 8.11. The van der Waals surface area contributed by atoms with Crippen molar-refractivity contribution in [2.45, 2.75) is 13.5 Å². The van der Waals surface area contributed by atoms with Crippen LogP contribution in [-0.4, -0.2) is 25.7 Å². The molecule has 3 aromatic heterocycles. The van der Waals surface area contributed by atoms with Gasteiger partial charge in [0.15, 0.2) is 5.82 Å². The third kappa shape index (κ3) is 2.78. The third-order valence-corrected chi connectivity index (χ3v) is 4.15. The Morgan fingerprint density at radius 2 is 2.08 bits per heavy atom. The number of nitrogens with one attached hydrogen (secondary N) is 2. The van der Waals surface area contributed by atoms with Crippen molar-refractivity contribution < 1.29 is 4.79 Å². The van der Waals surface area contributed by atoms with Crippen molar-refractivity contribution in [3.8, 4) is 11.4 Å². The van der Waals surface area contributed by atoms with Crippen molar-refractivity contribution >= 4 is 22.6 Å². The van der Waals surface area contributed by atoms with E-state index in [0.29, 0.717) is 11.4 Å². The van der Waals surface area contributed by atoms with Crippen LogP contribution in [0.25, 0.3) is 22.3 Å². The topological polar surface area (TPSA) is 75.6 Å². The number of fused-ring (bicyclic) bond motifs is 1. The number of aryl methyl sites for hydroxylation is 1. The highest BCUT2D eigenvalue weighted by atomic mass is 16.1. The smallest absolute Gasteiger partial charge is 0.258 e. The van der Waals surface area contributed by atoms with Gasteiger partial charge in [0.25, 0.3) is 5.91 Å². The molecule has 0 bridgehead atoms. The third-order valence-electron chi connectivity index (χ3n) is 4.15. The van der Waals surface area contributed by atoms with Gasteiger partial charge >= 0.3 is 0 Å². The summed E-state index contributed by atoms with van der Waals surface area (Å²) in [6, 6.07) is 15.7. The number of amides is 1. The Morgan fingerprint density at radius 3 is 2.88 bits per heavy atom. The summed E-state index contributed by atoms with van der Waals surface area (Å²) >= 11 is 0. The van der Waals surface area contributed by atoms with Crippen LogP contribution < -0.4 is 5.32 Å². The molecule has 0 spiro atoms. The van der Waals surface area contributed by atoms with Crippen LogP contribution in [0, 0.1) is 0 Å². The number of anilines is 1. The molecule has 0 fully saturated rings. The number of hydrogen-bond acceptors (Lipinski definition) is 3. The van der Waals surface area contributed by atoms with Crippen LogP contribution in [0.4, 0.5) is 5.82 Å². The van der Waals surface area contributed by atoms with E-state index in [1.54, 1.807) is 18.3 Å². The SMILES string of the molecule is CCn1c(-c2cc(NC(=O)c3cccnc3)n[nH]2)cc2ccccc21. The average Bonchev–Trinajstić information content (AvgIpc) is 3.26. The minimum atomic E-state index is -0.234.